The molecule has 1 aliphatic rings. The Labute approximate surface area is 162 Å². The van der Waals surface area contributed by atoms with Crippen LogP contribution in [0.5, 0.6) is 0 Å². The summed E-state index contributed by atoms with van der Waals surface area (Å²) in [7, 11) is 3.66. The van der Waals surface area contributed by atoms with Gasteiger partial charge in [-0.15, -0.1) is 24.0 Å². The second-order valence-corrected chi connectivity index (χ2v) is 7.17. The van der Waals surface area contributed by atoms with Crippen LogP contribution in [0.1, 0.15) is 39.4 Å². The second kappa shape index (κ2) is 9.55. The number of halogens is 1. The molecule has 0 bridgehead atoms. The highest BCUT2D eigenvalue weighted by Crippen LogP contribution is 2.33. The molecule has 2 N–H and O–H groups in total. The zero-order valence-corrected chi connectivity index (χ0v) is 17.7. The molecule has 0 saturated carbocycles. The smallest absolute Gasteiger partial charge is 0.191 e. The summed E-state index contributed by atoms with van der Waals surface area (Å²) in [6.45, 7) is 9.07. The largest absolute Gasteiger partial charge is 0.377 e. The van der Waals surface area contributed by atoms with Crippen LogP contribution >= 0.6 is 24.0 Å². The maximum absolute atomic E-state index is 6.03. The zero-order valence-electron chi connectivity index (χ0n) is 15.4. The summed E-state index contributed by atoms with van der Waals surface area (Å²) in [6.07, 6.45) is 4.15. The van der Waals surface area contributed by atoms with Crippen LogP contribution in [-0.2, 0) is 18.3 Å². The maximum atomic E-state index is 6.03. The minimum Gasteiger partial charge on any atom is -0.377 e. The van der Waals surface area contributed by atoms with Crippen molar-refractivity contribution in [2.75, 3.05) is 20.2 Å². The van der Waals surface area contributed by atoms with Crippen molar-refractivity contribution in [3.63, 3.8) is 0 Å². The minimum absolute atomic E-state index is 0. The molecule has 8 heteroatoms. The van der Waals surface area contributed by atoms with Crippen LogP contribution in [0.15, 0.2) is 11.3 Å². The van der Waals surface area contributed by atoms with Gasteiger partial charge in [0.1, 0.15) is 12.2 Å². The van der Waals surface area contributed by atoms with Gasteiger partial charge >= 0.3 is 0 Å². The van der Waals surface area contributed by atoms with Gasteiger partial charge < -0.3 is 15.4 Å². The van der Waals surface area contributed by atoms with Crippen molar-refractivity contribution in [1.29, 1.82) is 0 Å². The Bertz CT molecular complexity index is 525. The number of guanidine groups is 1. The number of nitrogens with one attached hydrogen (secondary N) is 2. The molecular weight excluding hydrogens is 419 g/mol. The molecule has 1 aromatic rings. The average Bonchev–Trinajstić information content (AvgIpc) is 2.92. The van der Waals surface area contributed by atoms with E-state index in [2.05, 4.69) is 46.5 Å². The third-order valence-electron chi connectivity index (χ3n) is 4.27. The van der Waals surface area contributed by atoms with Crippen molar-refractivity contribution in [1.82, 2.24) is 25.4 Å². The van der Waals surface area contributed by atoms with Gasteiger partial charge in [-0.25, -0.2) is 4.98 Å². The highest BCUT2D eigenvalue weighted by atomic mass is 127. The van der Waals surface area contributed by atoms with Gasteiger partial charge in [-0.1, -0.05) is 20.8 Å². The van der Waals surface area contributed by atoms with E-state index >= 15 is 0 Å². The summed E-state index contributed by atoms with van der Waals surface area (Å²) in [5.74, 6) is 2.16. The molecule has 1 aliphatic heterocycles. The van der Waals surface area contributed by atoms with Gasteiger partial charge in [0.15, 0.2) is 5.96 Å². The molecule has 1 fully saturated rings. The van der Waals surface area contributed by atoms with E-state index in [1.165, 1.54) is 6.42 Å². The highest BCUT2D eigenvalue weighted by molar-refractivity contribution is 14.0. The van der Waals surface area contributed by atoms with Gasteiger partial charge in [-0.3, -0.25) is 9.67 Å². The summed E-state index contributed by atoms with van der Waals surface area (Å²) in [5, 5.41) is 10.8. The fourth-order valence-electron chi connectivity index (χ4n) is 3.10. The highest BCUT2D eigenvalue weighted by Gasteiger charge is 2.35. The van der Waals surface area contributed by atoms with E-state index in [9.17, 15) is 0 Å². The predicted molar refractivity (Wildman–Crippen MR) is 107 cm³/mol. The predicted octanol–water partition coefficient (Wildman–Crippen LogP) is 1.94. The van der Waals surface area contributed by atoms with Crippen LogP contribution in [0.3, 0.4) is 0 Å². The van der Waals surface area contributed by atoms with Gasteiger partial charge in [-0.05, 0) is 18.3 Å². The lowest BCUT2D eigenvalue weighted by Gasteiger charge is -2.40. The SMILES string of the molecule is CN=C(NCc1ncnn1C)NCC1CCCOC1C(C)(C)C.I. The van der Waals surface area contributed by atoms with Gasteiger partial charge in [0.05, 0.1) is 12.6 Å². The molecule has 1 aromatic heterocycles. The zero-order chi connectivity index (χ0) is 16.9. The topological polar surface area (TPSA) is 76.4 Å². The number of rotatable bonds is 4. The normalized spacial score (nSPS) is 22.0. The number of aromatic nitrogens is 3. The summed E-state index contributed by atoms with van der Waals surface area (Å²) >= 11 is 0. The lowest BCUT2D eigenvalue weighted by molar-refractivity contribution is -0.0835. The first-order valence-corrected chi connectivity index (χ1v) is 8.31. The number of ether oxygens (including phenoxy) is 1. The third-order valence-corrected chi connectivity index (χ3v) is 4.27. The Balaban J connectivity index is 0.00000288. The number of aliphatic imine (C=N–C) groups is 1. The van der Waals surface area contributed by atoms with E-state index < -0.39 is 0 Å². The molecule has 0 aliphatic carbocycles. The van der Waals surface area contributed by atoms with Crippen LogP contribution in [-0.4, -0.2) is 47.0 Å². The van der Waals surface area contributed by atoms with Gasteiger partial charge in [-0.2, -0.15) is 5.10 Å². The van der Waals surface area contributed by atoms with Gasteiger partial charge in [0.2, 0.25) is 0 Å². The monoisotopic (exact) mass is 450 g/mol. The van der Waals surface area contributed by atoms with Crippen molar-refractivity contribution in [2.45, 2.75) is 46.3 Å². The van der Waals surface area contributed by atoms with Crippen molar-refractivity contribution < 1.29 is 4.74 Å². The molecule has 2 rings (SSSR count). The fraction of sp³-hybridized carbons (Fsp3) is 0.812. The fourth-order valence-corrected chi connectivity index (χ4v) is 3.10. The number of hydrogen-bond acceptors (Lipinski definition) is 4. The lowest BCUT2D eigenvalue weighted by atomic mass is 9.78. The van der Waals surface area contributed by atoms with Gasteiger partial charge in [0, 0.05) is 33.2 Å². The standard InChI is InChI=1S/C16H30N6O.HI/c1-16(2,3)14-12(7-6-8-23-14)9-18-15(17-4)19-10-13-20-11-21-22(13)5;/h11-12,14H,6-10H2,1-5H3,(H2,17,18,19);1H. The van der Waals surface area contributed by atoms with Gasteiger partial charge in [0.25, 0.3) is 0 Å². The summed E-state index contributed by atoms with van der Waals surface area (Å²) in [6, 6.07) is 0. The molecular formula is C16H31IN6O. The van der Waals surface area contributed by atoms with Crippen molar-refractivity contribution >= 4 is 29.9 Å². The van der Waals surface area contributed by atoms with E-state index in [1.54, 1.807) is 18.1 Å². The number of hydrogen-bond donors (Lipinski definition) is 2. The quantitative estimate of drug-likeness (QED) is 0.417. The molecule has 0 aromatic carbocycles. The van der Waals surface area contributed by atoms with Crippen LogP contribution in [0, 0.1) is 11.3 Å². The Morgan fingerprint density at radius 2 is 2.17 bits per heavy atom. The van der Waals surface area contributed by atoms with Crippen LogP contribution in [0.25, 0.3) is 0 Å². The summed E-state index contributed by atoms with van der Waals surface area (Å²) in [5.41, 5.74) is 0.155. The Morgan fingerprint density at radius 1 is 1.42 bits per heavy atom. The first-order valence-electron chi connectivity index (χ1n) is 8.31. The van der Waals surface area contributed by atoms with E-state index in [-0.39, 0.29) is 35.5 Å². The Morgan fingerprint density at radius 3 is 2.75 bits per heavy atom. The Hall–Kier alpha value is -0.900. The summed E-state index contributed by atoms with van der Waals surface area (Å²) < 4.78 is 7.79. The molecule has 0 spiro atoms. The maximum Gasteiger partial charge on any atom is 0.191 e. The van der Waals surface area contributed by atoms with E-state index in [0.717, 1.165) is 31.4 Å². The number of nitrogens with zero attached hydrogens (tertiary/aromatic N) is 4. The van der Waals surface area contributed by atoms with E-state index in [4.69, 9.17) is 4.74 Å². The molecule has 0 amide bonds. The number of aryl methyl sites for hydroxylation is 1. The minimum atomic E-state index is 0. The molecule has 7 nitrogen and oxygen atoms in total. The van der Waals surface area contributed by atoms with Crippen molar-refractivity contribution in [3.05, 3.63) is 12.2 Å². The van der Waals surface area contributed by atoms with Crippen LogP contribution in [0.2, 0.25) is 0 Å². The van der Waals surface area contributed by atoms with E-state index in [1.807, 2.05) is 7.05 Å². The molecule has 138 valence electrons. The van der Waals surface area contributed by atoms with Crippen molar-refractivity contribution in [3.8, 4) is 0 Å². The molecule has 24 heavy (non-hydrogen) atoms. The first-order chi connectivity index (χ1) is 10.9. The van der Waals surface area contributed by atoms with Crippen LogP contribution in [0.4, 0.5) is 0 Å². The Kier molecular flexibility index (Phi) is 8.41. The first kappa shape index (κ1) is 21.1. The molecule has 2 atom stereocenters. The lowest BCUT2D eigenvalue weighted by Crippen LogP contribution is -2.47. The second-order valence-electron chi connectivity index (χ2n) is 7.17. The molecule has 1 saturated heterocycles. The molecule has 0 radical (unpaired) electrons. The van der Waals surface area contributed by atoms with Crippen molar-refractivity contribution in [2.24, 2.45) is 23.4 Å². The van der Waals surface area contributed by atoms with Crippen LogP contribution < -0.4 is 10.6 Å². The molecule has 2 heterocycles. The van der Waals surface area contributed by atoms with E-state index in [0.29, 0.717) is 12.5 Å². The summed E-state index contributed by atoms with van der Waals surface area (Å²) in [4.78, 5) is 8.49. The average molecular weight is 450 g/mol. The third kappa shape index (κ3) is 5.87. The molecule has 2 unspecified atom stereocenters.